The summed E-state index contributed by atoms with van der Waals surface area (Å²) in [5, 5.41) is 14.1. The lowest BCUT2D eigenvalue weighted by atomic mass is 10.0. The van der Waals surface area contributed by atoms with Gasteiger partial charge < -0.3 is 28.8 Å². The second-order valence-corrected chi connectivity index (χ2v) is 28.8. The Hall–Kier alpha value is -1.28. The van der Waals surface area contributed by atoms with Crippen LogP contribution in [0, 0.1) is 0 Å². The summed E-state index contributed by atoms with van der Waals surface area (Å²) in [7, 11) is 1.32. The third kappa shape index (κ3) is 70.0. The zero-order valence-corrected chi connectivity index (χ0v) is 58.7. The molecule has 0 aliphatic rings. The van der Waals surface area contributed by atoms with E-state index in [1.165, 1.54) is 315 Å². The highest BCUT2D eigenvalue weighted by molar-refractivity contribution is 7.45. The molecule has 0 aromatic rings. The minimum absolute atomic E-state index is 0.0145. The lowest BCUT2D eigenvalue weighted by molar-refractivity contribution is -0.870. The van der Waals surface area contributed by atoms with Crippen LogP contribution in [0.25, 0.3) is 0 Å². The summed E-state index contributed by atoms with van der Waals surface area (Å²) >= 11 is 0. The van der Waals surface area contributed by atoms with Crippen molar-refractivity contribution in [1.82, 2.24) is 5.32 Å². The quantitative estimate of drug-likeness (QED) is 0.0272. The van der Waals surface area contributed by atoms with E-state index in [0.717, 1.165) is 51.4 Å². The largest absolute Gasteiger partial charge is 0.756 e. The third-order valence-electron chi connectivity index (χ3n) is 17.6. The molecule has 0 radical (unpaired) electrons. The van der Waals surface area contributed by atoms with Crippen molar-refractivity contribution in [3.63, 3.8) is 0 Å². The highest BCUT2D eigenvalue weighted by atomic mass is 31.2. The van der Waals surface area contributed by atoms with E-state index in [2.05, 4.69) is 55.6 Å². The van der Waals surface area contributed by atoms with E-state index in [1.54, 1.807) is 0 Å². The number of nitrogens with one attached hydrogen (secondary N) is 1. The van der Waals surface area contributed by atoms with Crippen molar-refractivity contribution in [3.8, 4) is 0 Å². The highest BCUT2D eigenvalue weighted by Crippen LogP contribution is 2.38. The minimum Gasteiger partial charge on any atom is -0.756 e. The van der Waals surface area contributed by atoms with Crippen LogP contribution in [0.2, 0.25) is 0 Å². The number of hydrogen-bond acceptors (Lipinski definition) is 6. The fourth-order valence-corrected chi connectivity index (χ4v) is 12.5. The molecule has 0 fully saturated rings. The van der Waals surface area contributed by atoms with Crippen LogP contribution in [0.5, 0.6) is 0 Å². The van der Waals surface area contributed by atoms with Gasteiger partial charge in [0.05, 0.1) is 39.9 Å². The van der Waals surface area contributed by atoms with Crippen molar-refractivity contribution in [2.75, 3.05) is 40.9 Å². The van der Waals surface area contributed by atoms with Crippen molar-refractivity contribution in [2.24, 2.45) is 0 Å². The number of nitrogens with zero attached hydrogens (tertiary/aromatic N) is 1. The van der Waals surface area contributed by atoms with Gasteiger partial charge in [0, 0.05) is 6.42 Å². The molecule has 85 heavy (non-hydrogen) atoms. The molecule has 0 spiro atoms. The number of unbranched alkanes of at least 4 members (excludes halogenated alkanes) is 52. The molecular weight excluding hydrogens is 1070 g/mol. The summed E-state index contributed by atoms with van der Waals surface area (Å²) in [5.74, 6) is -0.156. The molecule has 0 aromatic carbocycles. The van der Waals surface area contributed by atoms with Crippen molar-refractivity contribution < 1.29 is 32.9 Å². The number of rotatable bonds is 71. The molecule has 3 unspecified atom stereocenters. The van der Waals surface area contributed by atoms with E-state index in [9.17, 15) is 19.4 Å². The predicted octanol–water partition coefficient (Wildman–Crippen LogP) is 23.8. The van der Waals surface area contributed by atoms with Crippen molar-refractivity contribution in [2.45, 2.75) is 405 Å². The Bertz CT molecular complexity index is 1480. The van der Waals surface area contributed by atoms with Crippen LogP contribution in [0.3, 0.4) is 0 Å². The smallest absolute Gasteiger partial charge is 0.268 e. The second kappa shape index (κ2) is 67.1. The van der Waals surface area contributed by atoms with E-state index >= 15 is 0 Å². The Kier molecular flexibility index (Phi) is 66.1. The van der Waals surface area contributed by atoms with E-state index in [0.29, 0.717) is 23.9 Å². The zero-order chi connectivity index (χ0) is 61.9. The monoisotopic (exact) mass is 1220 g/mol. The fraction of sp³-hybridized carbons (Fsp3) is 0.908. The summed E-state index contributed by atoms with van der Waals surface area (Å²) in [5.41, 5.74) is 0. The maximum atomic E-state index is 13.1. The molecule has 8 nitrogen and oxygen atoms in total. The Morgan fingerprint density at radius 2 is 0.682 bits per heavy atom. The van der Waals surface area contributed by atoms with Gasteiger partial charge in [-0.2, -0.15) is 0 Å². The van der Waals surface area contributed by atoms with Crippen LogP contribution in [0.1, 0.15) is 393 Å². The van der Waals surface area contributed by atoms with Gasteiger partial charge in [0.1, 0.15) is 13.2 Å². The summed E-state index contributed by atoms with van der Waals surface area (Å²) in [6.07, 6.45) is 89.6. The van der Waals surface area contributed by atoms with E-state index in [4.69, 9.17) is 9.05 Å². The number of carbonyl (C=O) groups is 1. The Balaban J connectivity index is 3.95. The molecular formula is C76H149N2O6P. The van der Waals surface area contributed by atoms with E-state index < -0.39 is 20.0 Å². The number of amides is 1. The number of likely N-dealkylation sites (N-methyl/N-ethyl adjacent to an activating group) is 1. The van der Waals surface area contributed by atoms with Crippen LogP contribution in [0.15, 0.2) is 36.5 Å². The fourth-order valence-electron chi connectivity index (χ4n) is 11.8. The molecule has 2 N–H and O–H groups in total. The van der Waals surface area contributed by atoms with Crippen LogP contribution >= 0.6 is 7.82 Å². The summed E-state index contributed by atoms with van der Waals surface area (Å²) in [4.78, 5) is 25.7. The highest BCUT2D eigenvalue weighted by Gasteiger charge is 2.24. The lowest BCUT2D eigenvalue weighted by Crippen LogP contribution is -2.46. The van der Waals surface area contributed by atoms with Gasteiger partial charge in [-0.05, 0) is 51.4 Å². The summed E-state index contributed by atoms with van der Waals surface area (Å²) < 4.78 is 23.6. The Labute approximate surface area is 531 Å². The SMILES string of the molecule is CCCCCCC/C=C\C/C=C\C/C=C\CCCCCCCCCCCCCCCCCCCCCCC(=O)NC(COP(=O)([O-])OCC[N+](C)(C)C)C(O)CCCCCCCCCCCCCCCCCCCCCCCCCCCCCC. The average molecular weight is 1220 g/mol. The molecule has 0 saturated carbocycles. The van der Waals surface area contributed by atoms with Gasteiger partial charge in [0.15, 0.2) is 0 Å². The number of allylic oxidation sites excluding steroid dienone is 6. The van der Waals surface area contributed by atoms with E-state index in [1.807, 2.05) is 21.1 Å². The number of aliphatic hydroxyl groups excluding tert-OH is 1. The van der Waals surface area contributed by atoms with E-state index in [-0.39, 0.29) is 19.1 Å². The van der Waals surface area contributed by atoms with Gasteiger partial charge in [0.25, 0.3) is 7.82 Å². The van der Waals surface area contributed by atoms with Gasteiger partial charge >= 0.3 is 0 Å². The number of carbonyl (C=O) groups excluding carboxylic acids is 1. The third-order valence-corrected chi connectivity index (χ3v) is 18.6. The normalized spacial score (nSPS) is 13.7. The van der Waals surface area contributed by atoms with Crippen molar-refractivity contribution in [1.29, 1.82) is 0 Å². The Morgan fingerprint density at radius 1 is 0.412 bits per heavy atom. The average Bonchev–Trinajstić information content (AvgIpc) is 3.48. The van der Waals surface area contributed by atoms with Gasteiger partial charge in [-0.1, -0.05) is 371 Å². The maximum absolute atomic E-state index is 13.1. The molecule has 0 saturated heterocycles. The lowest BCUT2D eigenvalue weighted by Gasteiger charge is -2.30. The predicted molar refractivity (Wildman–Crippen MR) is 372 cm³/mol. The first-order chi connectivity index (χ1) is 41.5. The summed E-state index contributed by atoms with van der Waals surface area (Å²) in [6.45, 7) is 4.77. The first-order valence-corrected chi connectivity index (χ1v) is 39.3. The first kappa shape index (κ1) is 83.7. The van der Waals surface area contributed by atoms with Gasteiger partial charge in [-0.15, -0.1) is 0 Å². The molecule has 0 aliphatic carbocycles. The molecule has 0 rings (SSSR count). The molecule has 0 aromatic heterocycles. The van der Waals surface area contributed by atoms with Gasteiger partial charge in [-0.3, -0.25) is 9.36 Å². The molecule has 1 amide bonds. The summed E-state index contributed by atoms with van der Waals surface area (Å²) in [6, 6.07) is -0.801. The minimum atomic E-state index is -4.58. The molecule has 504 valence electrons. The van der Waals surface area contributed by atoms with Crippen molar-refractivity contribution in [3.05, 3.63) is 36.5 Å². The molecule has 3 atom stereocenters. The number of aliphatic hydroxyl groups is 1. The van der Waals surface area contributed by atoms with Gasteiger partial charge in [0.2, 0.25) is 5.91 Å². The Morgan fingerprint density at radius 3 is 0.988 bits per heavy atom. The molecule has 0 heterocycles. The standard InChI is InChI=1S/C76H149N2O6P/c1-6-8-10-12-14-16-18-20-22-24-26-28-30-32-34-36-37-38-39-40-41-42-44-46-48-50-52-54-56-58-60-62-64-66-68-70-76(80)77-74(73-84-85(81,82)83-72-71-78(3,4)5)75(79)69-67-65-63-61-59-57-55-53-51-49-47-45-43-35-33-31-29-27-25-23-21-19-17-15-13-11-9-7-2/h18,20,24,26,30,32,74-75,79H,6-17,19,21-23,25,27-29,31,33-73H2,1-5H3,(H-,77,80,81,82)/b20-18-,26-24-,32-30-. The van der Waals surface area contributed by atoms with Crippen LogP contribution in [-0.4, -0.2) is 68.5 Å². The van der Waals surface area contributed by atoms with Crippen LogP contribution in [0.4, 0.5) is 0 Å². The number of phosphoric ester groups is 1. The first-order valence-electron chi connectivity index (χ1n) is 37.8. The van der Waals surface area contributed by atoms with Crippen molar-refractivity contribution >= 4 is 13.7 Å². The van der Waals surface area contributed by atoms with Crippen LogP contribution < -0.4 is 10.2 Å². The molecule has 9 heteroatoms. The second-order valence-electron chi connectivity index (χ2n) is 27.4. The van der Waals surface area contributed by atoms with Crippen LogP contribution in [-0.2, 0) is 18.4 Å². The number of quaternary nitrogens is 1. The molecule has 0 bridgehead atoms. The maximum Gasteiger partial charge on any atom is 0.268 e. The van der Waals surface area contributed by atoms with Gasteiger partial charge in [-0.25, -0.2) is 0 Å². The number of hydrogen-bond donors (Lipinski definition) is 2. The zero-order valence-electron chi connectivity index (χ0n) is 57.8. The number of phosphoric acid groups is 1. The molecule has 0 aliphatic heterocycles. The topological polar surface area (TPSA) is 108 Å².